The van der Waals surface area contributed by atoms with Crippen LogP contribution in [0.25, 0.3) is 11.3 Å². The third-order valence-corrected chi connectivity index (χ3v) is 3.55. The lowest BCUT2D eigenvalue weighted by atomic mass is 10.2. The molecule has 2 rings (SSSR count). The van der Waals surface area contributed by atoms with Gasteiger partial charge in [0.2, 0.25) is 0 Å². The number of nitrogens with one attached hydrogen (secondary N) is 2. The van der Waals surface area contributed by atoms with Gasteiger partial charge in [-0.05, 0) is 44.2 Å². The second kappa shape index (κ2) is 7.99. The summed E-state index contributed by atoms with van der Waals surface area (Å²) >= 11 is 11.8. The maximum absolute atomic E-state index is 11.5. The van der Waals surface area contributed by atoms with Crippen molar-refractivity contribution < 1.29 is 14.0 Å². The molecule has 0 saturated carbocycles. The third kappa shape index (κ3) is 4.84. The maximum Gasteiger partial charge on any atom is 0.329 e. The average molecular weight is 368 g/mol. The van der Waals surface area contributed by atoms with Crippen LogP contribution in [0.15, 0.2) is 39.9 Å². The monoisotopic (exact) mass is 367 g/mol. The Morgan fingerprint density at radius 1 is 1.12 bits per heavy atom. The summed E-state index contributed by atoms with van der Waals surface area (Å²) in [6.45, 7) is 3.50. The van der Waals surface area contributed by atoms with Gasteiger partial charge in [-0.3, -0.25) is 9.59 Å². The molecular weight excluding hydrogens is 353 g/mol. The molecule has 0 spiro atoms. The number of halogens is 2. The van der Waals surface area contributed by atoms with Crippen molar-refractivity contribution in [1.82, 2.24) is 10.7 Å². The molecule has 0 unspecified atom stereocenters. The van der Waals surface area contributed by atoms with Crippen molar-refractivity contribution in [3.05, 3.63) is 46.1 Å². The van der Waals surface area contributed by atoms with Gasteiger partial charge in [0.15, 0.2) is 0 Å². The second-order valence-corrected chi connectivity index (χ2v) is 5.97. The van der Waals surface area contributed by atoms with Crippen LogP contribution in [0.2, 0.25) is 10.0 Å². The van der Waals surface area contributed by atoms with E-state index in [4.69, 9.17) is 27.6 Å². The van der Waals surface area contributed by atoms with Gasteiger partial charge in [-0.1, -0.05) is 23.2 Å². The number of nitrogens with zero attached hydrogens (tertiary/aromatic N) is 1. The van der Waals surface area contributed by atoms with Crippen LogP contribution in [0.1, 0.15) is 19.6 Å². The van der Waals surface area contributed by atoms with E-state index in [0.717, 1.165) is 5.56 Å². The molecule has 1 heterocycles. The van der Waals surface area contributed by atoms with Gasteiger partial charge in [0, 0.05) is 11.6 Å². The van der Waals surface area contributed by atoms with Crippen LogP contribution in [-0.2, 0) is 9.59 Å². The highest BCUT2D eigenvalue weighted by Crippen LogP contribution is 2.29. The van der Waals surface area contributed by atoms with E-state index < -0.39 is 11.8 Å². The largest absolute Gasteiger partial charge is 0.455 e. The predicted octanol–water partition coefficient (Wildman–Crippen LogP) is 3.23. The summed E-state index contributed by atoms with van der Waals surface area (Å²) in [5, 5.41) is 7.01. The second-order valence-electron chi connectivity index (χ2n) is 5.16. The Labute approximate surface area is 148 Å². The van der Waals surface area contributed by atoms with Crippen LogP contribution in [0.3, 0.4) is 0 Å². The van der Waals surface area contributed by atoms with Crippen LogP contribution in [0.4, 0.5) is 0 Å². The summed E-state index contributed by atoms with van der Waals surface area (Å²) in [6.07, 6.45) is 1.29. The lowest BCUT2D eigenvalue weighted by Crippen LogP contribution is -2.41. The highest BCUT2D eigenvalue weighted by molar-refractivity contribution is 6.42. The Bertz CT molecular complexity index is 785. The van der Waals surface area contributed by atoms with Crippen LogP contribution in [0.5, 0.6) is 0 Å². The molecule has 1 aromatic carbocycles. The van der Waals surface area contributed by atoms with Gasteiger partial charge < -0.3 is 9.73 Å². The zero-order chi connectivity index (χ0) is 17.7. The van der Waals surface area contributed by atoms with Crippen molar-refractivity contribution in [2.45, 2.75) is 19.9 Å². The Kier molecular flexibility index (Phi) is 6.00. The lowest BCUT2D eigenvalue weighted by Gasteiger charge is -2.05. The highest BCUT2D eigenvalue weighted by atomic mass is 35.5. The highest BCUT2D eigenvalue weighted by Gasteiger charge is 2.13. The van der Waals surface area contributed by atoms with Crippen molar-refractivity contribution in [1.29, 1.82) is 0 Å². The molecule has 0 atom stereocenters. The number of rotatable bonds is 4. The fourth-order valence-corrected chi connectivity index (χ4v) is 2.06. The van der Waals surface area contributed by atoms with E-state index in [2.05, 4.69) is 15.8 Å². The quantitative estimate of drug-likeness (QED) is 0.494. The normalized spacial score (nSPS) is 11.0. The minimum Gasteiger partial charge on any atom is -0.455 e. The summed E-state index contributed by atoms with van der Waals surface area (Å²) in [7, 11) is 0. The van der Waals surface area contributed by atoms with Crippen molar-refractivity contribution in [2.75, 3.05) is 0 Å². The standard InChI is InChI=1S/C16H15Cl2N3O3/c1-9(2)20-15(22)16(23)21-19-8-11-4-6-14(24-11)10-3-5-12(17)13(18)7-10/h3-9H,1-2H3,(H,20,22)(H,21,23)/b19-8+. The number of benzene rings is 1. The van der Waals surface area contributed by atoms with Gasteiger partial charge in [0.1, 0.15) is 11.5 Å². The summed E-state index contributed by atoms with van der Waals surface area (Å²) in [5.41, 5.74) is 2.88. The molecular formula is C16H15Cl2N3O3. The molecule has 2 N–H and O–H groups in total. The molecule has 8 heteroatoms. The predicted molar refractivity (Wildman–Crippen MR) is 93.2 cm³/mol. The first-order valence-corrected chi connectivity index (χ1v) is 7.81. The first kappa shape index (κ1) is 18.0. The molecule has 0 fully saturated rings. The van der Waals surface area contributed by atoms with E-state index in [-0.39, 0.29) is 6.04 Å². The molecule has 2 amide bonds. The topological polar surface area (TPSA) is 83.7 Å². The zero-order valence-corrected chi connectivity index (χ0v) is 14.5. The van der Waals surface area contributed by atoms with Gasteiger partial charge in [-0.15, -0.1) is 0 Å². The minimum atomic E-state index is -0.851. The summed E-state index contributed by atoms with van der Waals surface area (Å²) in [4.78, 5) is 22.9. The van der Waals surface area contributed by atoms with Gasteiger partial charge >= 0.3 is 11.8 Å². The molecule has 0 aliphatic carbocycles. The summed E-state index contributed by atoms with van der Waals surface area (Å²) in [6, 6.07) is 8.39. The number of carbonyl (C=O) groups is 2. The number of hydrogen-bond donors (Lipinski definition) is 2. The molecule has 126 valence electrons. The Balaban J connectivity index is 1.99. The number of amides is 2. The van der Waals surface area contributed by atoms with Crippen molar-refractivity contribution in [2.24, 2.45) is 5.10 Å². The Hall–Kier alpha value is -2.31. The van der Waals surface area contributed by atoms with Gasteiger partial charge in [-0.25, -0.2) is 5.43 Å². The molecule has 1 aromatic heterocycles. The lowest BCUT2D eigenvalue weighted by molar-refractivity contribution is -0.139. The van der Waals surface area contributed by atoms with Crippen molar-refractivity contribution >= 4 is 41.2 Å². The summed E-state index contributed by atoms with van der Waals surface area (Å²) < 4.78 is 5.57. The molecule has 0 aliphatic heterocycles. The van der Waals surface area contributed by atoms with Crippen molar-refractivity contribution in [3.63, 3.8) is 0 Å². The number of hydrogen-bond acceptors (Lipinski definition) is 4. The van der Waals surface area contributed by atoms with Crippen molar-refractivity contribution in [3.8, 4) is 11.3 Å². The number of carbonyl (C=O) groups excluding carboxylic acids is 2. The maximum atomic E-state index is 11.5. The smallest absolute Gasteiger partial charge is 0.329 e. The zero-order valence-electron chi connectivity index (χ0n) is 13.0. The molecule has 0 bridgehead atoms. The van der Waals surface area contributed by atoms with E-state index in [1.165, 1.54) is 6.21 Å². The summed E-state index contributed by atoms with van der Waals surface area (Å²) in [5.74, 6) is -0.631. The number of furan rings is 1. The molecule has 2 aromatic rings. The molecule has 24 heavy (non-hydrogen) atoms. The third-order valence-electron chi connectivity index (χ3n) is 2.81. The average Bonchev–Trinajstić information content (AvgIpc) is 2.98. The van der Waals surface area contributed by atoms with E-state index in [1.54, 1.807) is 44.2 Å². The molecule has 0 aliphatic rings. The number of hydrazone groups is 1. The van der Waals surface area contributed by atoms with Crippen LogP contribution < -0.4 is 10.7 Å². The fourth-order valence-electron chi connectivity index (χ4n) is 1.76. The van der Waals surface area contributed by atoms with Gasteiger partial charge in [-0.2, -0.15) is 5.10 Å². The molecule has 0 saturated heterocycles. The van der Waals surface area contributed by atoms with Crippen LogP contribution >= 0.6 is 23.2 Å². The van der Waals surface area contributed by atoms with E-state index in [9.17, 15) is 9.59 Å². The van der Waals surface area contributed by atoms with E-state index in [0.29, 0.717) is 21.6 Å². The van der Waals surface area contributed by atoms with Crippen LogP contribution in [0, 0.1) is 0 Å². The fraction of sp³-hybridized carbons (Fsp3) is 0.188. The van der Waals surface area contributed by atoms with Gasteiger partial charge in [0.05, 0.1) is 16.3 Å². The van der Waals surface area contributed by atoms with Gasteiger partial charge in [0.25, 0.3) is 0 Å². The Morgan fingerprint density at radius 2 is 1.88 bits per heavy atom. The van der Waals surface area contributed by atoms with E-state index >= 15 is 0 Å². The first-order valence-electron chi connectivity index (χ1n) is 7.06. The molecule has 6 nitrogen and oxygen atoms in total. The van der Waals surface area contributed by atoms with E-state index in [1.807, 2.05) is 0 Å². The molecule has 0 radical (unpaired) electrons. The van der Waals surface area contributed by atoms with Crippen LogP contribution in [-0.4, -0.2) is 24.1 Å². The first-order chi connectivity index (χ1) is 11.4. The Morgan fingerprint density at radius 3 is 2.54 bits per heavy atom. The minimum absolute atomic E-state index is 0.133. The SMILES string of the molecule is CC(C)NC(=O)C(=O)N/N=C/c1ccc(-c2ccc(Cl)c(Cl)c2)o1.